The van der Waals surface area contributed by atoms with Gasteiger partial charge in [0.25, 0.3) is 5.91 Å². The second kappa shape index (κ2) is 8.36. The molecular formula is C17H14F6N2O3. The standard InChI is InChI=1S/C17H14F6N2O3/c1-10(14-7-6-13(8-24-14)27-9-16(18,19)20)25-15(26)11-2-4-12(5-3-11)28-17(21,22)23/h2-8,10H,9H2,1H3,(H,25,26)/t10-/m1/s1. The van der Waals surface area contributed by atoms with E-state index in [9.17, 15) is 31.1 Å². The van der Waals surface area contributed by atoms with Crippen LogP contribution in [0.5, 0.6) is 11.5 Å². The number of hydrogen-bond acceptors (Lipinski definition) is 4. The first-order valence-electron chi connectivity index (χ1n) is 7.75. The lowest BCUT2D eigenvalue weighted by Crippen LogP contribution is -2.27. The van der Waals surface area contributed by atoms with E-state index >= 15 is 0 Å². The van der Waals surface area contributed by atoms with Crippen LogP contribution in [0, 0.1) is 0 Å². The highest BCUT2D eigenvalue weighted by atomic mass is 19.4. The molecule has 0 fully saturated rings. The molecule has 28 heavy (non-hydrogen) atoms. The SMILES string of the molecule is C[C@@H](NC(=O)c1ccc(OC(F)(F)F)cc1)c1ccc(OCC(F)(F)F)cn1. The molecule has 5 nitrogen and oxygen atoms in total. The van der Waals surface area contributed by atoms with Crippen molar-refractivity contribution in [1.29, 1.82) is 0 Å². The molecule has 1 N–H and O–H groups in total. The molecule has 0 radical (unpaired) electrons. The Morgan fingerprint density at radius 2 is 1.64 bits per heavy atom. The maximum Gasteiger partial charge on any atom is 0.573 e. The fourth-order valence-electron chi connectivity index (χ4n) is 2.06. The Hall–Kier alpha value is -2.98. The van der Waals surface area contributed by atoms with Crippen molar-refractivity contribution < 1.29 is 40.6 Å². The summed E-state index contributed by atoms with van der Waals surface area (Å²) in [5.41, 5.74) is 0.441. The van der Waals surface area contributed by atoms with Crippen LogP contribution in [-0.4, -0.2) is 30.0 Å². The van der Waals surface area contributed by atoms with Gasteiger partial charge in [0.2, 0.25) is 0 Å². The third kappa shape index (κ3) is 6.97. The van der Waals surface area contributed by atoms with Gasteiger partial charge >= 0.3 is 12.5 Å². The predicted octanol–water partition coefficient (Wildman–Crippen LogP) is 4.41. The second-order valence-corrected chi connectivity index (χ2v) is 5.59. The highest BCUT2D eigenvalue weighted by Gasteiger charge is 2.31. The predicted molar refractivity (Wildman–Crippen MR) is 84.8 cm³/mol. The zero-order valence-electron chi connectivity index (χ0n) is 14.3. The van der Waals surface area contributed by atoms with Crippen molar-refractivity contribution in [1.82, 2.24) is 10.3 Å². The van der Waals surface area contributed by atoms with Gasteiger partial charge in [-0.05, 0) is 43.3 Å². The number of alkyl halides is 6. The van der Waals surface area contributed by atoms with Crippen molar-refractivity contribution in [2.24, 2.45) is 0 Å². The number of aromatic nitrogens is 1. The number of amides is 1. The number of benzene rings is 1. The van der Waals surface area contributed by atoms with Crippen LogP contribution in [0.1, 0.15) is 29.0 Å². The molecule has 11 heteroatoms. The van der Waals surface area contributed by atoms with Gasteiger partial charge in [-0.1, -0.05) is 0 Å². The van der Waals surface area contributed by atoms with E-state index in [4.69, 9.17) is 0 Å². The molecule has 1 aromatic heterocycles. The average Bonchev–Trinajstić information content (AvgIpc) is 2.59. The quantitative estimate of drug-likeness (QED) is 0.720. The van der Waals surface area contributed by atoms with E-state index in [2.05, 4.69) is 19.8 Å². The Morgan fingerprint density at radius 1 is 1.04 bits per heavy atom. The first-order chi connectivity index (χ1) is 12.9. The fourth-order valence-corrected chi connectivity index (χ4v) is 2.06. The number of halogens is 6. The summed E-state index contributed by atoms with van der Waals surface area (Å²) < 4.78 is 80.9. The molecule has 0 aliphatic heterocycles. The van der Waals surface area contributed by atoms with Crippen LogP contribution < -0.4 is 14.8 Å². The minimum atomic E-state index is -4.83. The summed E-state index contributed by atoms with van der Waals surface area (Å²) in [5.74, 6) is -1.13. The molecule has 0 spiro atoms. The highest BCUT2D eigenvalue weighted by Crippen LogP contribution is 2.23. The molecule has 2 rings (SSSR count). The van der Waals surface area contributed by atoms with E-state index in [-0.39, 0.29) is 11.3 Å². The fraction of sp³-hybridized carbons (Fsp3) is 0.294. The Labute approximate surface area is 155 Å². The van der Waals surface area contributed by atoms with Crippen molar-refractivity contribution in [3.63, 3.8) is 0 Å². The van der Waals surface area contributed by atoms with Crippen LogP contribution in [0.25, 0.3) is 0 Å². The number of hydrogen-bond donors (Lipinski definition) is 1. The lowest BCUT2D eigenvalue weighted by atomic mass is 10.1. The van der Waals surface area contributed by atoms with E-state index < -0.39 is 36.8 Å². The molecule has 0 unspecified atom stereocenters. The molecule has 152 valence electrons. The molecule has 1 heterocycles. The van der Waals surface area contributed by atoms with Crippen LogP contribution in [0.15, 0.2) is 42.6 Å². The molecular weight excluding hydrogens is 394 g/mol. The summed E-state index contributed by atoms with van der Waals surface area (Å²) in [6.45, 7) is 0.131. The van der Waals surface area contributed by atoms with Crippen molar-refractivity contribution in [3.05, 3.63) is 53.9 Å². The molecule has 0 bridgehead atoms. The van der Waals surface area contributed by atoms with Gasteiger partial charge in [-0.25, -0.2) is 0 Å². The third-order valence-corrected chi connectivity index (χ3v) is 3.30. The monoisotopic (exact) mass is 408 g/mol. The van der Waals surface area contributed by atoms with E-state index in [0.29, 0.717) is 5.69 Å². The Bertz CT molecular complexity index is 789. The number of carbonyl (C=O) groups excluding carboxylic acids is 1. The molecule has 0 aliphatic carbocycles. The third-order valence-electron chi connectivity index (χ3n) is 3.30. The van der Waals surface area contributed by atoms with Crippen LogP contribution in [0.2, 0.25) is 0 Å². The Morgan fingerprint density at radius 3 is 2.14 bits per heavy atom. The molecule has 1 atom stereocenters. The van der Waals surface area contributed by atoms with Crippen LogP contribution in [0.4, 0.5) is 26.3 Å². The number of carbonyl (C=O) groups is 1. The van der Waals surface area contributed by atoms with Crippen molar-refractivity contribution >= 4 is 5.91 Å². The smallest absolute Gasteiger partial charge is 0.483 e. The number of ether oxygens (including phenoxy) is 2. The lowest BCUT2D eigenvalue weighted by Gasteiger charge is -2.15. The molecule has 1 aromatic carbocycles. The summed E-state index contributed by atoms with van der Waals surface area (Å²) >= 11 is 0. The molecule has 1 amide bonds. The van der Waals surface area contributed by atoms with Gasteiger partial charge in [0.05, 0.1) is 17.9 Å². The molecule has 0 aliphatic rings. The maximum absolute atomic E-state index is 12.2. The van der Waals surface area contributed by atoms with Crippen LogP contribution in [0.3, 0.4) is 0 Å². The second-order valence-electron chi connectivity index (χ2n) is 5.59. The van der Waals surface area contributed by atoms with Crippen molar-refractivity contribution in [3.8, 4) is 11.5 Å². The van der Waals surface area contributed by atoms with Crippen LogP contribution >= 0.6 is 0 Å². The first-order valence-corrected chi connectivity index (χ1v) is 7.75. The van der Waals surface area contributed by atoms with Gasteiger partial charge in [0.15, 0.2) is 6.61 Å². The molecule has 0 saturated heterocycles. The largest absolute Gasteiger partial charge is 0.573 e. The number of nitrogens with one attached hydrogen (secondary N) is 1. The van der Waals surface area contributed by atoms with Gasteiger partial charge in [-0.15, -0.1) is 13.2 Å². The average molecular weight is 408 g/mol. The minimum absolute atomic E-state index is 0.0835. The van der Waals surface area contributed by atoms with E-state index in [0.717, 1.165) is 30.5 Å². The summed E-state index contributed by atoms with van der Waals surface area (Å²) in [4.78, 5) is 16.1. The number of rotatable bonds is 6. The minimum Gasteiger partial charge on any atom is -0.483 e. The maximum atomic E-state index is 12.2. The number of pyridine rings is 1. The van der Waals surface area contributed by atoms with Gasteiger partial charge in [0, 0.05) is 5.56 Å². The van der Waals surface area contributed by atoms with E-state index in [1.165, 1.54) is 12.1 Å². The van der Waals surface area contributed by atoms with Crippen molar-refractivity contribution in [2.45, 2.75) is 25.5 Å². The number of nitrogens with zero attached hydrogens (tertiary/aromatic N) is 1. The lowest BCUT2D eigenvalue weighted by molar-refractivity contribution is -0.274. The normalized spacial score (nSPS) is 13.0. The zero-order valence-corrected chi connectivity index (χ0v) is 14.3. The van der Waals surface area contributed by atoms with Gasteiger partial charge in [-0.2, -0.15) is 13.2 Å². The van der Waals surface area contributed by atoms with Gasteiger partial charge < -0.3 is 14.8 Å². The summed E-state index contributed by atoms with van der Waals surface area (Å²) in [5, 5.41) is 2.57. The summed E-state index contributed by atoms with van der Waals surface area (Å²) in [6.07, 6.45) is -8.21. The molecule has 2 aromatic rings. The molecule has 0 saturated carbocycles. The highest BCUT2D eigenvalue weighted by molar-refractivity contribution is 5.94. The zero-order chi connectivity index (χ0) is 20.9. The van der Waals surface area contributed by atoms with E-state index in [1.54, 1.807) is 6.92 Å². The van der Waals surface area contributed by atoms with Crippen molar-refractivity contribution in [2.75, 3.05) is 6.61 Å². The van der Waals surface area contributed by atoms with Gasteiger partial charge in [0.1, 0.15) is 11.5 Å². The summed E-state index contributed by atoms with van der Waals surface area (Å²) in [7, 11) is 0. The Kier molecular flexibility index (Phi) is 6.37. The van der Waals surface area contributed by atoms with Gasteiger partial charge in [-0.3, -0.25) is 9.78 Å². The Balaban J connectivity index is 1.94. The topological polar surface area (TPSA) is 60.5 Å². The summed E-state index contributed by atoms with van der Waals surface area (Å²) in [6, 6.07) is 6.36. The first kappa shape index (κ1) is 21.3. The van der Waals surface area contributed by atoms with Crippen LogP contribution in [-0.2, 0) is 0 Å². The van der Waals surface area contributed by atoms with E-state index in [1.807, 2.05) is 0 Å².